The monoisotopic (exact) mass is 704 g/mol. The van der Waals surface area contributed by atoms with E-state index in [0.717, 1.165) is 62.5 Å². The molecule has 7 N–H and O–H groups in total. The number of imide groups is 1. The molecule has 1 heterocycles. The molecule has 0 spiro atoms. The van der Waals surface area contributed by atoms with E-state index in [1.54, 1.807) is 43.3 Å². The number of ether oxygens (including phenoxy) is 2. The Balaban J connectivity index is 0.000000267. The summed E-state index contributed by atoms with van der Waals surface area (Å²) in [6, 6.07) is 16.4. The van der Waals surface area contributed by atoms with Crippen LogP contribution >= 0.6 is 0 Å². The Morgan fingerprint density at radius 1 is 0.725 bits per heavy atom. The molecule has 0 radical (unpaired) electrons. The van der Waals surface area contributed by atoms with Crippen LogP contribution in [0, 0.1) is 25.2 Å². The van der Waals surface area contributed by atoms with Gasteiger partial charge in [-0.25, -0.2) is 9.59 Å². The summed E-state index contributed by atoms with van der Waals surface area (Å²) >= 11 is 0. The number of nitriles is 1. The Labute approximate surface area is 300 Å². The zero-order valence-electron chi connectivity index (χ0n) is 29.8. The fraction of sp³-hybridized carbons (Fsp3) is 0.447. The average molecular weight is 705 g/mol. The van der Waals surface area contributed by atoms with Gasteiger partial charge in [-0.2, -0.15) is 5.26 Å². The number of carbonyl (C=O) groups is 4. The lowest BCUT2D eigenvalue weighted by atomic mass is 9.96. The van der Waals surface area contributed by atoms with Crippen LogP contribution in [0.15, 0.2) is 72.8 Å². The minimum Gasteiger partial charge on any atom is -0.410 e. The van der Waals surface area contributed by atoms with Crippen LogP contribution in [0.5, 0.6) is 11.5 Å². The average Bonchev–Trinajstić information content (AvgIpc) is 3.40. The third-order valence-corrected chi connectivity index (χ3v) is 8.10. The van der Waals surface area contributed by atoms with Crippen LogP contribution in [-0.2, 0) is 14.4 Å². The Morgan fingerprint density at radius 2 is 1.14 bits per heavy atom. The lowest BCUT2D eigenvalue weighted by molar-refractivity contribution is -0.174. The first kappa shape index (κ1) is 42.1. The van der Waals surface area contributed by atoms with Crippen LogP contribution in [0.3, 0.4) is 0 Å². The lowest BCUT2D eigenvalue weighted by Crippen LogP contribution is -2.48. The molecule has 0 saturated carbocycles. The van der Waals surface area contributed by atoms with Gasteiger partial charge < -0.3 is 32.0 Å². The molecule has 5 rings (SSSR count). The van der Waals surface area contributed by atoms with E-state index in [-0.39, 0.29) is 37.0 Å². The lowest BCUT2D eigenvalue weighted by Gasteiger charge is -2.25. The third-order valence-electron chi connectivity index (χ3n) is 8.10. The molecule has 0 unspecified atom stereocenters. The Kier molecular flexibility index (Phi) is 19.3. The smallest absolute Gasteiger partial charge is 0.410 e. The minimum absolute atomic E-state index is 0.0237. The highest BCUT2D eigenvalue weighted by Crippen LogP contribution is 2.19. The summed E-state index contributed by atoms with van der Waals surface area (Å²) in [5.74, 6) is -0.172. The molecule has 2 aromatic carbocycles. The van der Waals surface area contributed by atoms with Gasteiger partial charge in [0.1, 0.15) is 11.5 Å². The zero-order valence-corrected chi connectivity index (χ0v) is 29.8. The van der Waals surface area contributed by atoms with Gasteiger partial charge in [0.2, 0.25) is 0 Å². The Hall–Kier alpha value is -5.03. The van der Waals surface area contributed by atoms with E-state index >= 15 is 0 Å². The van der Waals surface area contributed by atoms with Gasteiger partial charge in [-0.15, -0.1) is 0 Å². The van der Waals surface area contributed by atoms with E-state index in [1.807, 2.05) is 25.1 Å². The summed E-state index contributed by atoms with van der Waals surface area (Å²) < 4.78 is 10.2. The van der Waals surface area contributed by atoms with Gasteiger partial charge in [-0.05, 0) is 88.5 Å². The topological polar surface area (TPSA) is 213 Å². The minimum atomic E-state index is -1.10. The maximum absolute atomic E-state index is 12.0. The summed E-state index contributed by atoms with van der Waals surface area (Å²) in [7, 11) is 0. The van der Waals surface area contributed by atoms with Crippen LogP contribution in [-0.4, -0.2) is 53.3 Å². The number of hydroxylamine groups is 2. The maximum Gasteiger partial charge on any atom is 0.539 e. The highest BCUT2D eigenvalue weighted by atomic mass is 16.8. The molecule has 276 valence electrons. The van der Waals surface area contributed by atoms with Gasteiger partial charge in [0.05, 0.1) is 6.07 Å². The summed E-state index contributed by atoms with van der Waals surface area (Å²) in [4.78, 5) is 50.4. The molecule has 4 atom stereocenters. The molecule has 0 aromatic heterocycles. The van der Waals surface area contributed by atoms with Crippen molar-refractivity contribution in [3.8, 4) is 17.6 Å². The number of allylic oxidation sites excluding steroid dienone is 4. The highest BCUT2D eigenvalue weighted by Gasteiger charge is 2.33. The van der Waals surface area contributed by atoms with Gasteiger partial charge in [0.15, 0.2) is 0 Å². The maximum atomic E-state index is 12.0. The first-order valence-corrected chi connectivity index (χ1v) is 17.2. The van der Waals surface area contributed by atoms with E-state index in [2.05, 4.69) is 34.5 Å². The quantitative estimate of drug-likeness (QED) is 0.129. The fourth-order valence-corrected chi connectivity index (χ4v) is 5.10. The van der Waals surface area contributed by atoms with Crippen molar-refractivity contribution < 1.29 is 33.5 Å². The molecule has 3 amide bonds. The number of nitrogens with one attached hydrogen (secondary N) is 1. The molecular formula is C38H52N6O7. The van der Waals surface area contributed by atoms with Crippen LogP contribution in [0.4, 0.5) is 9.59 Å². The molecule has 1 aliphatic heterocycles. The second-order valence-electron chi connectivity index (χ2n) is 12.2. The van der Waals surface area contributed by atoms with Gasteiger partial charge in [0, 0.05) is 43.9 Å². The van der Waals surface area contributed by atoms with Gasteiger partial charge in [-0.3, -0.25) is 14.4 Å². The normalized spacial score (nSPS) is 22.4. The number of rotatable bonds is 4. The number of hydrogen-bond donors (Lipinski definition) is 4. The second-order valence-corrected chi connectivity index (χ2v) is 12.2. The summed E-state index contributed by atoms with van der Waals surface area (Å²) in [6.45, 7) is 5.10. The number of benzene rings is 2. The van der Waals surface area contributed by atoms with Crippen molar-refractivity contribution in [2.45, 2.75) is 109 Å². The van der Waals surface area contributed by atoms with Gasteiger partial charge in [0.25, 0.3) is 11.8 Å². The number of para-hydroxylation sites is 2. The largest absolute Gasteiger partial charge is 0.539 e. The van der Waals surface area contributed by atoms with Crippen molar-refractivity contribution in [2.75, 3.05) is 0 Å². The third kappa shape index (κ3) is 16.0. The number of carbonyl (C=O) groups excluding carboxylic acids is 4. The molecule has 0 bridgehead atoms. The summed E-state index contributed by atoms with van der Waals surface area (Å²) in [6.07, 6.45) is 15.2. The van der Waals surface area contributed by atoms with Crippen molar-refractivity contribution in [1.82, 2.24) is 10.4 Å². The summed E-state index contributed by atoms with van der Waals surface area (Å²) in [5, 5.41) is 10.7. The SMILES string of the molecule is CC#N.Cc1ccccc1OC(=O)N[C@@H]1CC/C=C/CC[C@@H]1N.Cc1ccccc1OC(=O)ON1C(=O)CCC1=O.N[C@@H]1CC/C=C/CC[C@@H]1N. The van der Waals surface area contributed by atoms with Crippen LogP contribution in [0.25, 0.3) is 0 Å². The summed E-state index contributed by atoms with van der Waals surface area (Å²) in [5.41, 5.74) is 19.4. The van der Waals surface area contributed by atoms with Crippen molar-refractivity contribution in [3.05, 3.63) is 84.0 Å². The zero-order chi connectivity index (χ0) is 37.6. The number of aryl methyl sites for hydroxylation is 2. The van der Waals surface area contributed by atoms with Crippen molar-refractivity contribution in [3.63, 3.8) is 0 Å². The van der Waals surface area contributed by atoms with E-state index in [9.17, 15) is 19.2 Å². The fourth-order valence-electron chi connectivity index (χ4n) is 5.10. The highest BCUT2D eigenvalue weighted by molar-refractivity contribution is 6.01. The van der Waals surface area contributed by atoms with E-state index in [4.69, 9.17) is 31.9 Å². The van der Waals surface area contributed by atoms with Crippen molar-refractivity contribution >= 4 is 24.1 Å². The molecule has 13 nitrogen and oxygen atoms in total. The van der Waals surface area contributed by atoms with Crippen LogP contribution in [0.2, 0.25) is 0 Å². The van der Waals surface area contributed by atoms with Crippen molar-refractivity contribution in [2.24, 2.45) is 17.2 Å². The number of nitrogens with zero attached hydrogens (tertiary/aromatic N) is 2. The van der Waals surface area contributed by atoms with Crippen LogP contribution in [0.1, 0.15) is 82.3 Å². The molecule has 13 heteroatoms. The van der Waals surface area contributed by atoms with E-state index in [0.29, 0.717) is 16.6 Å². The second kappa shape index (κ2) is 23.4. The molecule has 2 aromatic rings. The number of hydrogen-bond acceptors (Lipinski definition) is 11. The van der Waals surface area contributed by atoms with E-state index < -0.39 is 24.1 Å². The first-order valence-electron chi connectivity index (χ1n) is 17.2. The Bertz CT molecular complexity index is 1490. The molecule has 51 heavy (non-hydrogen) atoms. The molecule has 3 aliphatic rings. The van der Waals surface area contributed by atoms with Gasteiger partial charge in [-0.1, -0.05) is 65.8 Å². The molecule has 1 saturated heterocycles. The Morgan fingerprint density at radius 3 is 1.61 bits per heavy atom. The standard InChI is InChI=1S/C16H22N2O2.C12H11NO5.C8H16N2.C2H3N/c1-12-8-6-7-11-15(12)20-16(19)18-14-10-5-3-2-4-9-13(14)17;1-8-4-2-3-5-9(8)17-12(16)18-13-10(14)6-7-11(13)15;9-7-5-3-1-2-4-6-8(7)10;1-2-3/h2-3,6-8,11,13-14H,4-5,9-10,17H2,1H3,(H,18,19);2-5H,6-7H2,1H3;1-2,7-8H,3-6,9-10H2;1H3/b3-2+;;2-1+;/t13-,14+;;7-,8+;/m0.../s1. The molecule has 2 aliphatic carbocycles. The number of amides is 3. The predicted molar refractivity (Wildman–Crippen MR) is 194 cm³/mol. The van der Waals surface area contributed by atoms with Gasteiger partial charge >= 0.3 is 12.2 Å². The van der Waals surface area contributed by atoms with Crippen LogP contribution < -0.4 is 32.0 Å². The van der Waals surface area contributed by atoms with E-state index in [1.165, 1.54) is 6.92 Å². The van der Waals surface area contributed by atoms with Crippen molar-refractivity contribution in [1.29, 1.82) is 5.26 Å². The number of nitrogens with two attached hydrogens (primary N) is 3. The first-order chi connectivity index (χ1) is 24.5. The molecular weight excluding hydrogens is 652 g/mol. The molecule has 1 fully saturated rings. The predicted octanol–water partition coefficient (Wildman–Crippen LogP) is 5.79.